The Balaban J connectivity index is 1.63. The zero-order valence-corrected chi connectivity index (χ0v) is 15.0. The largest absolute Gasteiger partial charge is 0.497 e. The number of hydrogen-bond acceptors (Lipinski definition) is 3. The molecule has 0 fully saturated rings. The Hall–Kier alpha value is -2.14. The van der Waals surface area contributed by atoms with Crippen molar-refractivity contribution in [1.29, 1.82) is 0 Å². The lowest BCUT2D eigenvalue weighted by Gasteiger charge is -2.08. The SMILES string of the molecule is COc1cccc(CCCNC(=O)NCc2ccc(SC)cc2)c1. The van der Waals surface area contributed by atoms with Crippen molar-refractivity contribution in [3.63, 3.8) is 0 Å². The molecule has 2 N–H and O–H groups in total. The minimum Gasteiger partial charge on any atom is -0.497 e. The Kier molecular flexibility index (Phi) is 7.49. The van der Waals surface area contributed by atoms with Crippen molar-refractivity contribution < 1.29 is 9.53 Å². The van der Waals surface area contributed by atoms with Gasteiger partial charge in [-0.25, -0.2) is 4.79 Å². The third kappa shape index (κ3) is 6.16. The second-order valence-corrected chi connectivity index (χ2v) is 6.29. The highest BCUT2D eigenvalue weighted by Gasteiger charge is 2.01. The van der Waals surface area contributed by atoms with Gasteiger partial charge in [0.15, 0.2) is 0 Å². The molecular weight excluding hydrogens is 320 g/mol. The van der Waals surface area contributed by atoms with Gasteiger partial charge in [-0.1, -0.05) is 24.3 Å². The first kappa shape index (κ1) is 18.2. The lowest BCUT2D eigenvalue weighted by molar-refractivity contribution is 0.240. The number of carbonyl (C=O) groups excluding carboxylic acids is 1. The minimum atomic E-state index is -0.130. The molecule has 0 atom stereocenters. The van der Waals surface area contributed by atoms with Crippen LogP contribution in [0.25, 0.3) is 0 Å². The van der Waals surface area contributed by atoms with E-state index in [0.717, 1.165) is 24.2 Å². The first-order valence-electron chi connectivity index (χ1n) is 7.99. The molecule has 2 rings (SSSR count). The molecule has 5 heteroatoms. The molecule has 0 aliphatic carbocycles. The van der Waals surface area contributed by atoms with Gasteiger partial charge in [-0.2, -0.15) is 0 Å². The summed E-state index contributed by atoms with van der Waals surface area (Å²) in [4.78, 5) is 13.0. The topological polar surface area (TPSA) is 50.4 Å². The molecule has 0 aliphatic rings. The van der Waals surface area contributed by atoms with E-state index in [4.69, 9.17) is 4.74 Å². The van der Waals surface area contributed by atoms with Crippen molar-refractivity contribution in [2.75, 3.05) is 19.9 Å². The van der Waals surface area contributed by atoms with E-state index < -0.39 is 0 Å². The Bertz CT molecular complexity index is 644. The van der Waals surface area contributed by atoms with E-state index in [2.05, 4.69) is 28.8 Å². The van der Waals surface area contributed by atoms with Crippen LogP contribution in [0.5, 0.6) is 5.75 Å². The summed E-state index contributed by atoms with van der Waals surface area (Å²) in [6, 6.07) is 16.1. The Morgan fingerprint density at radius 3 is 2.58 bits per heavy atom. The van der Waals surface area contributed by atoms with Crippen LogP contribution in [0.2, 0.25) is 0 Å². The molecule has 0 spiro atoms. The molecule has 2 aromatic rings. The molecule has 0 bridgehead atoms. The van der Waals surface area contributed by atoms with Crippen LogP contribution in [0.1, 0.15) is 17.5 Å². The summed E-state index contributed by atoms with van der Waals surface area (Å²) >= 11 is 1.71. The number of thioether (sulfide) groups is 1. The average molecular weight is 344 g/mol. The van der Waals surface area contributed by atoms with E-state index in [1.807, 2.05) is 36.6 Å². The molecule has 4 nitrogen and oxygen atoms in total. The van der Waals surface area contributed by atoms with Crippen LogP contribution in [-0.4, -0.2) is 25.9 Å². The maximum atomic E-state index is 11.8. The van der Waals surface area contributed by atoms with Crippen molar-refractivity contribution in [3.05, 3.63) is 59.7 Å². The summed E-state index contributed by atoms with van der Waals surface area (Å²) in [7, 11) is 1.67. The van der Waals surface area contributed by atoms with E-state index in [1.165, 1.54) is 10.5 Å². The van der Waals surface area contributed by atoms with Gasteiger partial charge in [0.1, 0.15) is 5.75 Å². The molecule has 128 valence electrons. The molecule has 0 saturated carbocycles. The van der Waals surface area contributed by atoms with Gasteiger partial charge < -0.3 is 15.4 Å². The fourth-order valence-electron chi connectivity index (χ4n) is 2.31. The molecule has 24 heavy (non-hydrogen) atoms. The van der Waals surface area contributed by atoms with Crippen LogP contribution in [0, 0.1) is 0 Å². The van der Waals surface area contributed by atoms with Crippen molar-refractivity contribution >= 4 is 17.8 Å². The molecule has 0 aliphatic heterocycles. The maximum Gasteiger partial charge on any atom is 0.315 e. The van der Waals surface area contributed by atoms with Gasteiger partial charge in [0, 0.05) is 18.0 Å². The molecule has 0 heterocycles. The van der Waals surface area contributed by atoms with Crippen LogP contribution in [0.15, 0.2) is 53.4 Å². The number of hydrogen-bond donors (Lipinski definition) is 2. The van der Waals surface area contributed by atoms with Gasteiger partial charge in [0.05, 0.1) is 7.11 Å². The van der Waals surface area contributed by atoms with Gasteiger partial charge in [-0.15, -0.1) is 11.8 Å². The van der Waals surface area contributed by atoms with Crippen LogP contribution >= 0.6 is 11.8 Å². The third-order valence-electron chi connectivity index (χ3n) is 3.67. The minimum absolute atomic E-state index is 0.130. The van der Waals surface area contributed by atoms with Gasteiger partial charge in [-0.05, 0) is 54.5 Å². The smallest absolute Gasteiger partial charge is 0.315 e. The first-order chi connectivity index (χ1) is 11.7. The lowest BCUT2D eigenvalue weighted by Crippen LogP contribution is -2.35. The maximum absolute atomic E-state index is 11.8. The molecular formula is C19H24N2O2S. The fraction of sp³-hybridized carbons (Fsp3) is 0.316. The van der Waals surface area contributed by atoms with Gasteiger partial charge in [0.25, 0.3) is 0 Å². The van der Waals surface area contributed by atoms with Crippen molar-refractivity contribution in [3.8, 4) is 5.75 Å². The Labute approximate surface area is 148 Å². The standard InChI is InChI=1S/C19H24N2O2S/c1-23-17-7-3-5-15(13-17)6-4-12-20-19(22)21-14-16-8-10-18(24-2)11-9-16/h3,5,7-11,13H,4,6,12,14H2,1-2H3,(H2,20,21,22). The summed E-state index contributed by atoms with van der Waals surface area (Å²) in [6.45, 7) is 1.19. The number of aryl methyl sites for hydroxylation is 1. The van der Waals surface area contributed by atoms with Crippen molar-refractivity contribution in [1.82, 2.24) is 10.6 Å². The molecule has 0 aromatic heterocycles. The number of amides is 2. The van der Waals surface area contributed by atoms with E-state index in [9.17, 15) is 4.79 Å². The highest BCUT2D eigenvalue weighted by atomic mass is 32.2. The van der Waals surface area contributed by atoms with E-state index in [-0.39, 0.29) is 6.03 Å². The third-order valence-corrected chi connectivity index (χ3v) is 4.42. The van der Waals surface area contributed by atoms with Crippen LogP contribution in [0.3, 0.4) is 0 Å². The van der Waals surface area contributed by atoms with E-state index in [0.29, 0.717) is 13.1 Å². The highest BCUT2D eigenvalue weighted by Crippen LogP contribution is 2.15. The van der Waals surface area contributed by atoms with Crippen LogP contribution in [-0.2, 0) is 13.0 Å². The molecule has 2 amide bonds. The second kappa shape index (κ2) is 9.88. The monoisotopic (exact) mass is 344 g/mol. The number of ether oxygens (including phenoxy) is 1. The summed E-state index contributed by atoms with van der Waals surface area (Å²) in [5, 5.41) is 5.77. The average Bonchev–Trinajstić information content (AvgIpc) is 2.64. The zero-order chi connectivity index (χ0) is 17.2. The van der Waals surface area contributed by atoms with Gasteiger partial charge >= 0.3 is 6.03 Å². The van der Waals surface area contributed by atoms with E-state index in [1.54, 1.807) is 18.9 Å². The zero-order valence-electron chi connectivity index (χ0n) is 14.2. The molecule has 0 unspecified atom stereocenters. The number of benzene rings is 2. The summed E-state index contributed by atoms with van der Waals surface area (Å²) < 4.78 is 5.21. The van der Waals surface area contributed by atoms with Gasteiger partial charge in [-0.3, -0.25) is 0 Å². The number of nitrogens with one attached hydrogen (secondary N) is 2. The summed E-state index contributed by atoms with van der Waals surface area (Å²) in [6.07, 6.45) is 3.85. The predicted octanol–water partition coefficient (Wildman–Crippen LogP) is 3.85. The lowest BCUT2D eigenvalue weighted by atomic mass is 10.1. The fourth-order valence-corrected chi connectivity index (χ4v) is 2.72. The number of urea groups is 1. The van der Waals surface area contributed by atoms with Crippen LogP contribution in [0.4, 0.5) is 4.79 Å². The van der Waals surface area contributed by atoms with E-state index >= 15 is 0 Å². The van der Waals surface area contributed by atoms with Gasteiger partial charge in [0.2, 0.25) is 0 Å². The van der Waals surface area contributed by atoms with Crippen molar-refractivity contribution in [2.24, 2.45) is 0 Å². The second-order valence-electron chi connectivity index (χ2n) is 5.41. The number of carbonyl (C=O) groups is 1. The van der Waals surface area contributed by atoms with Crippen LogP contribution < -0.4 is 15.4 Å². The quantitative estimate of drug-likeness (QED) is 0.565. The van der Waals surface area contributed by atoms with Crippen molar-refractivity contribution in [2.45, 2.75) is 24.3 Å². The Morgan fingerprint density at radius 1 is 1.08 bits per heavy atom. The molecule has 0 saturated heterocycles. The number of methoxy groups -OCH3 is 1. The summed E-state index contributed by atoms with van der Waals surface area (Å²) in [5.41, 5.74) is 2.31. The Morgan fingerprint density at radius 2 is 1.88 bits per heavy atom. The molecule has 2 aromatic carbocycles. The predicted molar refractivity (Wildman–Crippen MR) is 99.8 cm³/mol. The highest BCUT2D eigenvalue weighted by molar-refractivity contribution is 7.98. The molecule has 0 radical (unpaired) electrons. The first-order valence-corrected chi connectivity index (χ1v) is 9.21. The number of rotatable bonds is 8. The summed E-state index contributed by atoms with van der Waals surface area (Å²) in [5.74, 6) is 0.866. The normalized spacial score (nSPS) is 10.2.